The predicted molar refractivity (Wildman–Crippen MR) is 84.5 cm³/mol. The van der Waals surface area contributed by atoms with Gasteiger partial charge in [0.2, 0.25) is 0 Å². The Morgan fingerprint density at radius 1 is 1.24 bits per heavy atom. The number of rotatable bonds is 5. The lowest BCUT2D eigenvalue weighted by Gasteiger charge is -2.32. The smallest absolute Gasteiger partial charge is 0.122 e. The van der Waals surface area contributed by atoms with Crippen LogP contribution < -0.4 is 10.1 Å². The van der Waals surface area contributed by atoms with Gasteiger partial charge in [0.15, 0.2) is 0 Å². The Hall–Kier alpha value is -1.87. The zero-order valence-electron chi connectivity index (χ0n) is 12.5. The van der Waals surface area contributed by atoms with Crippen LogP contribution in [-0.4, -0.2) is 24.2 Å². The molecule has 110 valence electrons. The molecule has 2 aromatic rings. The predicted octanol–water partition coefficient (Wildman–Crippen LogP) is 2.85. The van der Waals surface area contributed by atoms with Gasteiger partial charge in [0.05, 0.1) is 6.61 Å². The second kappa shape index (κ2) is 6.72. The molecule has 1 aliphatic rings. The SMILES string of the molecule is CCNC(Cc1ccncc1)C1COc2ccccc2C1. The van der Waals surface area contributed by atoms with Crippen LogP contribution in [0, 0.1) is 5.92 Å². The van der Waals surface area contributed by atoms with Gasteiger partial charge >= 0.3 is 0 Å². The Balaban J connectivity index is 1.73. The van der Waals surface area contributed by atoms with Gasteiger partial charge in [-0.1, -0.05) is 25.1 Å². The fraction of sp³-hybridized carbons (Fsp3) is 0.389. The zero-order chi connectivity index (χ0) is 14.5. The standard InChI is InChI=1S/C18H22N2O/c1-2-20-17(11-14-7-9-19-10-8-14)16-12-15-5-3-4-6-18(15)21-13-16/h3-10,16-17,20H,2,11-13H2,1H3. The van der Waals surface area contributed by atoms with Crippen LogP contribution in [0.5, 0.6) is 5.75 Å². The Morgan fingerprint density at radius 2 is 2.05 bits per heavy atom. The first kappa shape index (κ1) is 14.1. The number of pyridine rings is 1. The Bertz CT molecular complexity index is 570. The number of nitrogens with one attached hydrogen (secondary N) is 1. The highest BCUT2D eigenvalue weighted by Gasteiger charge is 2.26. The van der Waals surface area contributed by atoms with Gasteiger partial charge in [-0.05, 0) is 48.7 Å². The number of hydrogen-bond donors (Lipinski definition) is 1. The summed E-state index contributed by atoms with van der Waals surface area (Å²) in [5.41, 5.74) is 2.65. The lowest BCUT2D eigenvalue weighted by Crippen LogP contribution is -2.43. The summed E-state index contributed by atoms with van der Waals surface area (Å²) in [4.78, 5) is 4.10. The van der Waals surface area contributed by atoms with E-state index in [1.165, 1.54) is 11.1 Å². The number of nitrogens with zero attached hydrogens (tertiary/aromatic N) is 1. The van der Waals surface area contributed by atoms with Gasteiger partial charge < -0.3 is 10.1 Å². The summed E-state index contributed by atoms with van der Waals surface area (Å²) < 4.78 is 5.95. The molecule has 2 atom stereocenters. The van der Waals surface area contributed by atoms with Crippen molar-refractivity contribution in [2.45, 2.75) is 25.8 Å². The highest BCUT2D eigenvalue weighted by atomic mass is 16.5. The van der Waals surface area contributed by atoms with E-state index in [1.807, 2.05) is 18.5 Å². The molecule has 0 bridgehead atoms. The summed E-state index contributed by atoms with van der Waals surface area (Å²) in [6.07, 6.45) is 5.83. The molecule has 2 heterocycles. The van der Waals surface area contributed by atoms with Crippen molar-refractivity contribution >= 4 is 0 Å². The van der Waals surface area contributed by atoms with E-state index in [0.29, 0.717) is 12.0 Å². The van der Waals surface area contributed by atoms with E-state index >= 15 is 0 Å². The van der Waals surface area contributed by atoms with Crippen LogP contribution >= 0.6 is 0 Å². The van der Waals surface area contributed by atoms with Crippen molar-refractivity contribution < 1.29 is 4.74 Å². The largest absolute Gasteiger partial charge is 0.493 e. The molecule has 1 N–H and O–H groups in total. The highest BCUT2D eigenvalue weighted by Crippen LogP contribution is 2.29. The maximum absolute atomic E-state index is 5.95. The molecule has 3 rings (SSSR count). The molecule has 0 radical (unpaired) electrons. The van der Waals surface area contributed by atoms with Gasteiger partial charge in [0.1, 0.15) is 5.75 Å². The second-order valence-corrected chi connectivity index (χ2v) is 5.61. The molecular weight excluding hydrogens is 260 g/mol. The van der Waals surface area contributed by atoms with Crippen LogP contribution in [0.15, 0.2) is 48.8 Å². The highest BCUT2D eigenvalue weighted by molar-refractivity contribution is 5.35. The van der Waals surface area contributed by atoms with Crippen LogP contribution in [0.2, 0.25) is 0 Å². The molecule has 1 aromatic carbocycles. The van der Waals surface area contributed by atoms with Gasteiger partial charge in [-0.2, -0.15) is 0 Å². The van der Waals surface area contributed by atoms with E-state index in [9.17, 15) is 0 Å². The maximum atomic E-state index is 5.95. The van der Waals surface area contributed by atoms with Gasteiger partial charge in [0.25, 0.3) is 0 Å². The van der Waals surface area contributed by atoms with Crippen molar-refractivity contribution in [2.75, 3.05) is 13.2 Å². The number of ether oxygens (including phenoxy) is 1. The van der Waals surface area contributed by atoms with Crippen LogP contribution in [0.3, 0.4) is 0 Å². The van der Waals surface area contributed by atoms with Crippen molar-refractivity contribution in [1.82, 2.24) is 10.3 Å². The molecule has 0 fully saturated rings. The molecule has 0 aliphatic carbocycles. The maximum Gasteiger partial charge on any atom is 0.122 e. The first-order valence-corrected chi connectivity index (χ1v) is 7.70. The fourth-order valence-corrected chi connectivity index (χ4v) is 3.05. The summed E-state index contributed by atoms with van der Waals surface area (Å²) in [5.74, 6) is 1.56. The summed E-state index contributed by atoms with van der Waals surface area (Å²) in [6.45, 7) is 3.94. The zero-order valence-corrected chi connectivity index (χ0v) is 12.5. The van der Waals surface area contributed by atoms with Gasteiger partial charge in [-0.3, -0.25) is 4.98 Å². The second-order valence-electron chi connectivity index (χ2n) is 5.61. The Kier molecular flexibility index (Phi) is 4.51. The van der Waals surface area contributed by atoms with E-state index in [4.69, 9.17) is 4.74 Å². The van der Waals surface area contributed by atoms with E-state index in [-0.39, 0.29) is 0 Å². The lowest BCUT2D eigenvalue weighted by molar-refractivity contribution is 0.184. The van der Waals surface area contributed by atoms with Crippen LogP contribution in [-0.2, 0) is 12.8 Å². The molecule has 0 amide bonds. The Labute approximate surface area is 126 Å². The van der Waals surface area contributed by atoms with Crippen molar-refractivity contribution in [3.05, 3.63) is 59.9 Å². The Morgan fingerprint density at radius 3 is 2.86 bits per heavy atom. The topological polar surface area (TPSA) is 34.2 Å². The molecule has 1 aromatic heterocycles. The molecule has 3 heteroatoms. The number of fused-ring (bicyclic) bond motifs is 1. The van der Waals surface area contributed by atoms with Crippen LogP contribution in [0.1, 0.15) is 18.1 Å². The fourth-order valence-electron chi connectivity index (χ4n) is 3.05. The average molecular weight is 282 g/mol. The third-order valence-electron chi connectivity index (χ3n) is 4.15. The normalized spacial score (nSPS) is 18.6. The number of hydrogen-bond acceptors (Lipinski definition) is 3. The minimum absolute atomic E-state index is 0.436. The van der Waals surface area contributed by atoms with Gasteiger partial charge in [-0.15, -0.1) is 0 Å². The number of para-hydroxylation sites is 1. The van der Waals surface area contributed by atoms with Crippen molar-refractivity contribution in [2.24, 2.45) is 5.92 Å². The minimum atomic E-state index is 0.436. The van der Waals surface area contributed by atoms with Crippen molar-refractivity contribution in [3.63, 3.8) is 0 Å². The lowest BCUT2D eigenvalue weighted by atomic mass is 9.87. The number of likely N-dealkylation sites (N-methyl/N-ethyl adjacent to an activating group) is 1. The van der Waals surface area contributed by atoms with Gasteiger partial charge in [0, 0.05) is 24.4 Å². The first-order chi connectivity index (χ1) is 10.4. The number of aromatic nitrogens is 1. The third kappa shape index (κ3) is 3.42. The molecule has 21 heavy (non-hydrogen) atoms. The summed E-state index contributed by atoms with van der Waals surface area (Å²) in [6, 6.07) is 13.0. The molecular formula is C18H22N2O. The average Bonchev–Trinajstić information content (AvgIpc) is 2.55. The van der Waals surface area contributed by atoms with Crippen LogP contribution in [0.4, 0.5) is 0 Å². The molecule has 2 unspecified atom stereocenters. The first-order valence-electron chi connectivity index (χ1n) is 7.70. The van der Waals surface area contributed by atoms with Crippen LogP contribution in [0.25, 0.3) is 0 Å². The van der Waals surface area contributed by atoms with E-state index in [1.54, 1.807) is 0 Å². The molecule has 3 nitrogen and oxygen atoms in total. The summed E-state index contributed by atoms with van der Waals surface area (Å²) in [5, 5.41) is 3.63. The van der Waals surface area contributed by atoms with E-state index < -0.39 is 0 Å². The number of benzene rings is 1. The monoisotopic (exact) mass is 282 g/mol. The molecule has 0 saturated heterocycles. The summed E-state index contributed by atoms with van der Waals surface area (Å²) in [7, 11) is 0. The molecule has 0 spiro atoms. The quantitative estimate of drug-likeness (QED) is 0.915. The van der Waals surface area contributed by atoms with Gasteiger partial charge in [-0.25, -0.2) is 0 Å². The minimum Gasteiger partial charge on any atom is -0.493 e. The third-order valence-corrected chi connectivity index (χ3v) is 4.15. The molecule has 0 saturated carbocycles. The molecule has 1 aliphatic heterocycles. The van der Waals surface area contributed by atoms with Crippen molar-refractivity contribution in [1.29, 1.82) is 0 Å². The van der Waals surface area contributed by atoms with E-state index in [0.717, 1.165) is 31.7 Å². The van der Waals surface area contributed by atoms with E-state index in [2.05, 4.69) is 47.6 Å². The van der Waals surface area contributed by atoms with Crippen molar-refractivity contribution in [3.8, 4) is 5.75 Å². The summed E-state index contributed by atoms with van der Waals surface area (Å²) >= 11 is 0.